The van der Waals surface area contributed by atoms with E-state index >= 15 is 0 Å². The highest BCUT2D eigenvalue weighted by atomic mass is 19.1. The third-order valence-corrected chi connectivity index (χ3v) is 3.05. The zero-order valence-electron chi connectivity index (χ0n) is 13.4. The van der Waals surface area contributed by atoms with Crippen LogP contribution in [0.1, 0.15) is 31.3 Å². The number of methoxy groups -OCH3 is 1. The molecule has 22 heavy (non-hydrogen) atoms. The first-order valence-electron chi connectivity index (χ1n) is 6.92. The van der Waals surface area contributed by atoms with E-state index in [1.165, 1.54) is 17.9 Å². The van der Waals surface area contributed by atoms with E-state index in [1.54, 1.807) is 25.2 Å². The van der Waals surface area contributed by atoms with Crippen molar-refractivity contribution in [1.82, 2.24) is 15.1 Å². The first-order valence-corrected chi connectivity index (χ1v) is 6.92. The number of aromatic nitrogens is 2. The van der Waals surface area contributed by atoms with Crippen molar-refractivity contribution < 1.29 is 13.9 Å². The molecule has 6 heteroatoms. The number of nitrogens with one attached hydrogen (secondary N) is 1. The molecule has 118 valence electrons. The number of amides is 1. The maximum atomic E-state index is 14.2. The van der Waals surface area contributed by atoms with Gasteiger partial charge in [-0.3, -0.25) is 9.48 Å². The van der Waals surface area contributed by atoms with E-state index in [0.29, 0.717) is 17.0 Å². The maximum absolute atomic E-state index is 14.2. The number of hydrogen-bond acceptors (Lipinski definition) is 3. The van der Waals surface area contributed by atoms with Gasteiger partial charge in [0.05, 0.1) is 12.8 Å². The average molecular weight is 305 g/mol. The Hall–Kier alpha value is -2.37. The van der Waals surface area contributed by atoms with Crippen molar-refractivity contribution >= 4 is 5.91 Å². The van der Waals surface area contributed by atoms with Gasteiger partial charge in [-0.2, -0.15) is 5.10 Å². The van der Waals surface area contributed by atoms with Crippen molar-refractivity contribution in [2.45, 2.75) is 26.3 Å². The summed E-state index contributed by atoms with van der Waals surface area (Å²) in [6.07, 6.45) is 0. The molecule has 1 heterocycles. The molecule has 1 N–H and O–H groups in total. The van der Waals surface area contributed by atoms with E-state index in [1.807, 2.05) is 20.8 Å². The van der Waals surface area contributed by atoms with Crippen LogP contribution in [0.15, 0.2) is 24.3 Å². The summed E-state index contributed by atoms with van der Waals surface area (Å²) in [5.74, 6) is -0.275. The molecule has 0 saturated carbocycles. The van der Waals surface area contributed by atoms with Crippen LogP contribution in [-0.2, 0) is 7.05 Å². The highest BCUT2D eigenvalue weighted by Gasteiger charge is 2.20. The second kappa shape index (κ2) is 5.79. The van der Waals surface area contributed by atoms with Gasteiger partial charge >= 0.3 is 0 Å². The number of nitrogens with zero attached hydrogens (tertiary/aromatic N) is 2. The van der Waals surface area contributed by atoms with Gasteiger partial charge in [-0.25, -0.2) is 4.39 Å². The van der Waals surface area contributed by atoms with Crippen LogP contribution < -0.4 is 10.1 Å². The molecular formula is C16H20FN3O2. The average Bonchev–Trinajstić information content (AvgIpc) is 2.79. The van der Waals surface area contributed by atoms with Crippen molar-refractivity contribution in [3.05, 3.63) is 35.8 Å². The Labute approximate surface area is 129 Å². The molecule has 0 aliphatic carbocycles. The lowest BCUT2D eigenvalue weighted by Crippen LogP contribution is -2.40. The van der Waals surface area contributed by atoms with Crippen molar-refractivity contribution in [3.8, 4) is 17.0 Å². The van der Waals surface area contributed by atoms with Gasteiger partial charge in [0.25, 0.3) is 5.91 Å². The van der Waals surface area contributed by atoms with Crippen LogP contribution in [0.25, 0.3) is 11.3 Å². The van der Waals surface area contributed by atoms with Gasteiger partial charge in [0, 0.05) is 24.2 Å². The highest BCUT2D eigenvalue weighted by Crippen LogP contribution is 2.26. The first kappa shape index (κ1) is 16.0. The summed E-state index contributed by atoms with van der Waals surface area (Å²) in [6.45, 7) is 5.66. The Kier molecular flexibility index (Phi) is 4.21. The second-order valence-electron chi connectivity index (χ2n) is 6.09. The zero-order chi connectivity index (χ0) is 16.5. The number of aryl methyl sites for hydroxylation is 1. The molecule has 5 nitrogen and oxygen atoms in total. The fraction of sp³-hybridized carbons (Fsp3) is 0.375. The summed E-state index contributed by atoms with van der Waals surface area (Å²) in [5, 5.41) is 6.99. The summed E-state index contributed by atoms with van der Waals surface area (Å²) < 4.78 is 20.6. The Morgan fingerprint density at radius 3 is 2.55 bits per heavy atom. The van der Waals surface area contributed by atoms with Gasteiger partial charge in [0.2, 0.25) is 0 Å². The van der Waals surface area contributed by atoms with Crippen molar-refractivity contribution in [2.75, 3.05) is 7.11 Å². The molecule has 1 amide bonds. The number of rotatable bonds is 3. The summed E-state index contributed by atoms with van der Waals surface area (Å²) in [5.41, 5.74) is 0.785. The largest absolute Gasteiger partial charge is 0.497 e. The maximum Gasteiger partial charge on any atom is 0.272 e. The summed E-state index contributed by atoms with van der Waals surface area (Å²) >= 11 is 0. The molecule has 0 radical (unpaired) electrons. The molecule has 0 atom stereocenters. The number of ether oxygens (including phenoxy) is 1. The zero-order valence-corrected chi connectivity index (χ0v) is 13.4. The second-order valence-corrected chi connectivity index (χ2v) is 6.09. The Morgan fingerprint density at radius 1 is 1.32 bits per heavy atom. The molecule has 0 fully saturated rings. The lowest BCUT2D eigenvalue weighted by atomic mass is 10.1. The number of halogens is 1. The first-order chi connectivity index (χ1) is 10.2. The van der Waals surface area contributed by atoms with E-state index in [4.69, 9.17) is 4.74 Å². The monoisotopic (exact) mass is 305 g/mol. The molecule has 0 spiro atoms. The fourth-order valence-corrected chi connectivity index (χ4v) is 2.07. The van der Waals surface area contributed by atoms with E-state index in [0.717, 1.165) is 0 Å². The van der Waals surface area contributed by atoms with Gasteiger partial charge in [0.15, 0.2) is 5.69 Å². The molecule has 2 aromatic rings. The van der Waals surface area contributed by atoms with Gasteiger partial charge in [-0.1, -0.05) is 0 Å². The van der Waals surface area contributed by atoms with E-state index in [2.05, 4.69) is 10.4 Å². The smallest absolute Gasteiger partial charge is 0.272 e. The van der Waals surface area contributed by atoms with E-state index < -0.39 is 5.82 Å². The molecule has 0 unspecified atom stereocenters. The third-order valence-electron chi connectivity index (χ3n) is 3.05. The van der Waals surface area contributed by atoms with Gasteiger partial charge in [-0.05, 0) is 39.0 Å². The molecule has 0 aliphatic heterocycles. The predicted molar refractivity (Wildman–Crippen MR) is 82.4 cm³/mol. The molecule has 0 aliphatic rings. The van der Waals surface area contributed by atoms with Crippen LogP contribution in [0.2, 0.25) is 0 Å². The Morgan fingerprint density at radius 2 is 2.00 bits per heavy atom. The van der Waals surface area contributed by atoms with Crippen LogP contribution in [0, 0.1) is 5.82 Å². The number of benzene rings is 1. The van der Waals surface area contributed by atoms with Gasteiger partial charge in [0.1, 0.15) is 11.6 Å². The van der Waals surface area contributed by atoms with Gasteiger partial charge < -0.3 is 10.1 Å². The van der Waals surface area contributed by atoms with E-state index in [9.17, 15) is 9.18 Å². The normalized spacial score (nSPS) is 11.4. The summed E-state index contributed by atoms with van der Waals surface area (Å²) in [4.78, 5) is 12.1. The minimum atomic E-state index is -0.426. The minimum Gasteiger partial charge on any atom is -0.497 e. The molecule has 1 aromatic heterocycles. The quantitative estimate of drug-likeness (QED) is 0.948. The lowest BCUT2D eigenvalue weighted by molar-refractivity contribution is 0.0913. The number of hydrogen-bond donors (Lipinski definition) is 1. The Balaban J connectivity index is 2.36. The summed E-state index contributed by atoms with van der Waals surface area (Å²) in [6, 6.07) is 6.15. The van der Waals surface area contributed by atoms with Crippen molar-refractivity contribution in [1.29, 1.82) is 0 Å². The number of carbonyl (C=O) groups excluding carboxylic acids is 1. The highest BCUT2D eigenvalue weighted by molar-refractivity contribution is 5.93. The molecular weight excluding hydrogens is 285 g/mol. The van der Waals surface area contributed by atoms with Gasteiger partial charge in [-0.15, -0.1) is 0 Å². The fourth-order valence-electron chi connectivity index (χ4n) is 2.07. The molecule has 1 aromatic carbocycles. The van der Waals surface area contributed by atoms with Crippen LogP contribution in [0.5, 0.6) is 5.75 Å². The topological polar surface area (TPSA) is 56.1 Å². The van der Waals surface area contributed by atoms with Crippen molar-refractivity contribution in [3.63, 3.8) is 0 Å². The SMILES string of the molecule is COc1ccc(-c2cc(C(=O)NC(C)(C)C)nn2C)c(F)c1. The predicted octanol–water partition coefficient (Wildman–Crippen LogP) is 2.76. The minimum absolute atomic E-state index is 0.252. The van der Waals surface area contributed by atoms with Crippen LogP contribution >= 0.6 is 0 Å². The summed E-state index contributed by atoms with van der Waals surface area (Å²) in [7, 11) is 3.15. The van der Waals surface area contributed by atoms with Crippen LogP contribution in [0.3, 0.4) is 0 Å². The lowest BCUT2D eigenvalue weighted by Gasteiger charge is -2.19. The van der Waals surface area contributed by atoms with Crippen LogP contribution in [0.4, 0.5) is 4.39 Å². The molecule has 0 bridgehead atoms. The van der Waals surface area contributed by atoms with E-state index in [-0.39, 0.29) is 17.1 Å². The third kappa shape index (κ3) is 3.44. The van der Waals surface area contributed by atoms with Crippen molar-refractivity contribution in [2.24, 2.45) is 7.05 Å². The Bertz CT molecular complexity index is 702. The standard InChI is InChI=1S/C16H20FN3O2/c1-16(2,3)18-15(21)13-9-14(20(4)19-13)11-7-6-10(22-5)8-12(11)17/h6-9H,1-5H3,(H,18,21). The molecule has 0 saturated heterocycles. The number of carbonyl (C=O) groups is 1. The van der Waals surface area contributed by atoms with Crippen LogP contribution in [-0.4, -0.2) is 28.3 Å². The molecule has 2 rings (SSSR count).